The number of thiazole rings is 1. The smallest absolute Gasteiger partial charge is 0.369 e. The number of carbonyl (C=O) groups excluding carboxylic acids is 2. The molecule has 4 aromatic rings. The van der Waals surface area contributed by atoms with Gasteiger partial charge in [-0.3, -0.25) is 4.79 Å². The van der Waals surface area contributed by atoms with E-state index in [0.717, 1.165) is 16.3 Å². The monoisotopic (exact) mass is 685 g/mol. The molecule has 0 aliphatic heterocycles. The Morgan fingerprint density at radius 2 is 1.72 bits per heavy atom. The Morgan fingerprint density at radius 1 is 1.00 bits per heavy atom. The van der Waals surface area contributed by atoms with Crippen LogP contribution in [0.25, 0.3) is 0 Å². The molecule has 0 spiro atoms. The third-order valence-electron chi connectivity index (χ3n) is 6.61. The average Bonchev–Trinajstić information content (AvgIpc) is 3.51. The van der Waals surface area contributed by atoms with Gasteiger partial charge in [0.1, 0.15) is 23.1 Å². The van der Waals surface area contributed by atoms with Gasteiger partial charge in [0, 0.05) is 21.9 Å². The van der Waals surface area contributed by atoms with E-state index in [0.29, 0.717) is 23.6 Å². The molecule has 1 N–H and O–H groups in total. The van der Waals surface area contributed by atoms with Crippen molar-refractivity contribution in [3.63, 3.8) is 0 Å². The summed E-state index contributed by atoms with van der Waals surface area (Å²) in [5, 5.41) is 5.78. The molecule has 0 radical (unpaired) electrons. The largest absolute Gasteiger partial charge is 0.470 e. The summed E-state index contributed by atoms with van der Waals surface area (Å²) < 4.78 is 41.9. The number of pyridine rings is 1. The van der Waals surface area contributed by atoms with Crippen molar-refractivity contribution in [1.29, 1.82) is 0 Å². The molecule has 10 nitrogen and oxygen atoms in total. The molecule has 0 saturated carbocycles. The molecule has 1 amide bonds. The van der Waals surface area contributed by atoms with Gasteiger partial charge in [0.25, 0.3) is 12.1 Å². The van der Waals surface area contributed by atoms with Gasteiger partial charge in [0.15, 0.2) is 9.84 Å². The number of sulfone groups is 1. The van der Waals surface area contributed by atoms with Gasteiger partial charge in [0.05, 0.1) is 22.9 Å². The second-order valence-corrected chi connectivity index (χ2v) is 14.8. The van der Waals surface area contributed by atoms with Crippen LogP contribution in [0.3, 0.4) is 0 Å². The van der Waals surface area contributed by atoms with E-state index in [1.807, 2.05) is 5.38 Å². The fourth-order valence-corrected chi connectivity index (χ4v) is 6.49. The molecule has 0 aliphatic rings. The van der Waals surface area contributed by atoms with Crippen LogP contribution in [-0.2, 0) is 37.8 Å². The lowest BCUT2D eigenvalue weighted by atomic mass is 9.93. The van der Waals surface area contributed by atoms with Crippen molar-refractivity contribution in [3.05, 3.63) is 99.1 Å². The zero-order chi connectivity index (χ0) is 33.3. The number of esters is 1. The van der Waals surface area contributed by atoms with Crippen molar-refractivity contribution in [2.75, 3.05) is 12.4 Å². The molecular weight excluding hydrogens is 650 g/mol. The standard InChI is InChI=1S/C33H36ClN3O7S2/c1-5-42-32(39)31(37-30(38)26-9-6-10-28(35-26)43-20-29-36-27(21-45-29)33(2,3)4)44-24-15-11-22(12-16-24)8-7-19-46(40,41)25-17-13-23(34)14-18-25/h6,9-18,21,31H,5,7-8,19-20H2,1-4H3,(H,37,38). The number of amides is 1. The number of hydrogen-bond donors (Lipinski definition) is 1. The first-order valence-electron chi connectivity index (χ1n) is 14.6. The number of aryl methyl sites for hydroxylation is 1. The third kappa shape index (κ3) is 10.0. The normalized spacial score (nSPS) is 12.3. The summed E-state index contributed by atoms with van der Waals surface area (Å²) in [6.45, 7) is 8.18. The van der Waals surface area contributed by atoms with Crippen LogP contribution in [0.4, 0.5) is 0 Å². The molecule has 1 unspecified atom stereocenters. The Labute approximate surface area is 278 Å². The maximum atomic E-state index is 13.1. The summed E-state index contributed by atoms with van der Waals surface area (Å²) >= 11 is 7.35. The first-order chi connectivity index (χ1) is 21.8. The number of aromatic nitrogens is 2. The molecule has 1 atom stereocenters. The average molecular weight is 686 g/mol. The molecule has 2 aromatic carbocycles. The minimum atomic E-state index is -3.43. The zero-order valence-electron chi connectivity index (χ0n) is 26.0. The van der Waals surface area contributed by atoms with E-state index in [1.165, 1.54) is 29.5 Å². The quantitative estimate of drug-likeness (QED) is 0.122. The Balaban J connectivity index is 1.34. The summed E-state index contributed by atoms with van der Waals surface area (Å²) in [6, 6.07) is 17.6. The third-order valence-corrected chi connectivity index (χ3v) is 9.50. The summed E-state index contributed by atoms with van der Waals surface area (Å²) in [5.41, 5.74) is 1.80. The van der Waals surface area contributed by atoms with E-state index in [4.69, 9.17) is 25.8 Å². The van der Waals surface area contributed by atoms with Crippen LogP contribution < -0.4 is 14.8 Å². The van der Waals surface area contributed by atoms with E-state index in [1.54, 1.807) is 55.5 Å². The Bertz CT molecular complexity index is 1740. The Hall–Kier alpha value is -4.00. The molecule has 2 aromatic heterocycles. The van der Waals surface area contributed by atoms with E-state index in [9.17, 15) is 18.0 Å². The SMILES string of the molecule is CCOC(=O)C(NC(=O)c1cccc(OCc2nc(C(C)(C)C)cs2)n1)Oc1ccc(CCCS(=O)(=O)c2ccc(Cl)cc2)cc1. The summed E-state index contributed by atoms with van der Waals surface area (Å²) in [6.07, 6.45) is -0.528. The zero-order valence-corrected chi connectivity index (χ0v) is 28.4. The minimum absolute atomic E-state index is 0.0207. The van der Waals surface area contributed by atoms with Crippen molar-refractivity contribution in [1.82, 2.24) is 15.3 Å². The second kappa shape index (κ2) is 15.5. The minimum Gasteiger partial charge on any atom is -0.470 e. The van der Waals surface area contributed by atoms with Gasteiger partial charge in [-0.2, -0.15) is 0 Å². The highest BCUT2D eigenvalue weighted by Gasteiger charge is 2.26. The van der Waals surface area contributed by atoms with Gasteiger partial charge < -0.3 is 19.5 Å². The first kappa shape index (κ1) is 34.9. The highest BCUT2D eigenvalue weighted by atomic mass is 35.5. The second-order valence-electron chi connectivity index (χ2n) is 11.3. The predicted octanol–water partition coefficient (Wildman–Crippen LogP) is 6.17. The van der Waals surface area contributed by atoms with Crippen molar-refractivity contribution < 1.29 is 32.2 Å². The number of rotatable bonds is 14. The number of hydrogen-bond acceptors (Lipinski definition) is 10. The highest BCUT2D eigenvalue weighted by Crippen LogP contribution is 2.25. The lowest BCUT2D eigenvalue weighted by Crippen LogP contribution is -2.46. The molecule has 244 valence electrons. The first-order valence-corrected chi connectivity index (χ1v) is 17.5. The Morgan fingerprint density at radius 3 is 2.37 bits per heavy atom. The predicted molar refractivity (Wildman–Crippen MR) is 176 cm³/mol. The molecule has 13 heteroatoms. The van der Waals surface area contributed by atoms with Gasteiger partial charge in [-0.15, -0.1) is 11.3 Å². The summed E-state index contributed by atoms with van der Waals surface area (Å²) in [4.78, 5) is 34.9. The fraction of sp³-hybridized carbons (Fsp3) is 0.333. The van der Waals surface area contributed by atoms with E-state index >= 15 is 0 Å². The Kier molecular flexibility index (Phi) is 11.8. The number of benzene rings is 2. The molecular formula is C33H36ClN3O7S2. The van der Waals surface area contributed by atoms with E-state index in [-0.39, 0.29) is 40.9 Å². The van der Waals surface area contributed by atoms with Crippen molar-refractivity contribution >= 4 is 44.7 Å². The summed E-state index contributed by atoms with van der Waals surface area (Å²) in [7, 11) is -3.43. The van der Waals surface area contributed by atoms with Crippen LogP contribution in [0.1, 0.15) is 60.9 Å². The van der Waals surface area contributed by atoms with Crippen LogP contribution in [0.15, 0.2) is 77.0 Å². The van der Waals surface area contributed by atoms with Crippen LogP contribution in [0, 0.1) is 0 Å². The maximum absolute atomic E-state index is 13.1. The van der Waals surface area contributed by atoms with Crippen molar-refractivity contribution in [3.8, 4) is 11.6 Å². The fourth-order valence-electron chi connectivity index (χ4n) is 4.12. The number of halogens is 1. The topological polar surface area (TPSA) is 134 Å². The van der Waals surface area contributed by atoms with Gasteiger partial charge in [-0.05, 0) is 67.8 Å². The lowest BCUT2D eigenvalue weighted by molar-refractivity contribution is -0.152. The lowest BCUT2D eigenvalue weighted by Gasteiger charge is -2.19. The molecule has 2 heterocycles. The van der Waals surface area contributed by atoms with Gasteiger partial charge in [-0.25, -0.2) is 23.2 Å². The van der Waals surface area contributed by atoms with E-state index in [2.05, 4.69) is 36.1 Å². The molecule has 0 fully saturated rings. The van der Waals surface area contributed by atoms with Crippen LogP contribution in [-0.4, -0.2) is 48.8 Å². The van der Waals surface area contributed by atoms with Gasteiger partial charge >= 0.3 is 5.97 Å². The highest BCUT2D eigenvalue weighted by molar-refractivity contribution is 7.91. The maximum Gasteiger partial charge on any atom is 0.369 e. The van der Waals surface area contributed by atoms with Gasteiger partial charge in [-0.1, -0.05) is 50.6 Å². The number of carbonyl (C=O) groups is 2. The molecule has 0 aliphatic carbocycles. The molecule has 46 heavy (non-hydrogen) atoms. The molecule has 0 saturated heterocycles. The van der Waals surface area contributed by atoms with Gasteiger partial charge in [0.2, 0.25) is 5.88 Å². The number of ether oxygens (including phenoxy) is 3. The van der Waals surface area contributed by atoms with Crippen molar-refractivity contribution in [2.24, 2.45) is 0 Å². The number of nitrogens with zero attached hydrogens (tertiary/aromatic N) is 2. The molecule has 4 rings (SSSR count). The summed E-state index contributed by atoms with van der Waals surface area (Å²) in [5.74, 6) is -0.929. The number of nitrogens with one attached hydrogen (secondary N) is 1. The van der Waals surface area contributed by atoms with Crippen LogP contribution >= 0.6 is 22.9 Å². The molecule has 0 bridgehead atoms. The van der Waals surface area contributed by atoms with E-state index < -0.39 is 27.9 Å². The van der Waals surface area contributed by atoms with Crippen LogP contribution in [0.2, 0.25) is 5.02 Å². The van der Waals surface area contributed by atoms with Crippen molar-refractivity contribution in [2.45, 2.75) is 63.7 Å². The van der Waals surface area contributed by atoms with Crippen LogP contribution in [0.5, 0.6) is 11.6 Å².